The maximum absolute atomic E-state index is 3.37. The number of nitrogens with one attached hydrogen (secondary N) is 1. The van der Waals surface area contributed by atoms with Crippen LogP contribution in [0, 0.1) is 0 Å². The Kier molecular flexibility index (Phi) is 3.44. The summed E-state index contributed by atoms with van der Waals surface area (Å²) in [6.45, 7) is 0.800. The van der Waals surface area contributed by atoms with Gasteiger partial charge in [-0.05, 0) is 24.3 Å². The standard InChI is InChI=1S/C14H16N2/c1-16(14-10-6-3-7-11-14)12-15-13-8-4-2-5-9-13/h2-11,15H,12H2,1H3. The van der Waals surface area contributed by atoms with Crippen LogP contribution < -0.4 is 10.2 Å². The summed E-state index contributed by atoms with van der Waals surface area (Å²) in [5.41, 5.74) is 2.36. The molecule has 0 aliphatic rings. The summed E-state index contributed by atoms with van der Waals surface area (Å²) >= 11 is 0. The zero-order chi connectivity index (χ0) is 11.2. The minimum atomic E-state index is 0.800. The van der Waals surface area contributed by atoms with Crippen LogP contribution in [0.15, 0.2) is 60.7 Å². The molecule has 2 nitrogen and oxygen atoms in total. The SMILES string of the molecule is CN(CNc1ccccc1)c1ccccc1. The van der Waals surface area contributed by atoms with Crippen LogP contribution in [-0.2, 0) is 0 Å². The molecule has 2 heteroatoms. The maximum atomic E-state index is 3.37. The first-order valence-electron chi connectivity index (χ1n) is 5.41. The van der Waals surface area contributed by atoms with E-state index in [2.05, 4.69) is 41.5 Å². The maximum Gasteiger partial charge on any atom is 0.0873 e. The van der Waals surface area contributed by atoms with E-state index in [1.54, 1.807) is 0 Å². The predicted octanol–water partition coefficient (Wildman–Crippen LogP) is 3.19. The van der Waals surface area contributed by atoms with Gasteiger partial charge in [0, 0.05) is 18.4 Å². The zero-order valence-corrected chi connectivity index (χ0v) is 9.43. The lowest BCUT2D eigenvalue weighted by Crippen LogP contribution is -2.24. The van der Waals surface area contributed by atoms with Crippen molar-refractivity contribution in [3.63, 3.8) is 0 Å². The van der Waals surface area contributed by atoms with Crippen molar-refractivity contribution in [3.05, 3.63) is 60.7 Å². The Hall–Kier alpha value is -1.96. The van der Waals surface area contributed by atoms with Crippen LogP contribution in [-0.4, -0.2) is 13.7 Å². The molecule has 0 aliphatic carbocycles. The Balaban J connectivity index is 1.92. The van der Waals surface area contributed by atoms with E-state index in [-0.39, 0.29) is 0 Å². The van der Waals surface area contributed by atoms with Crippen molar-refractivity contribution in [1.29, 1.82) is 0 Å². The van der Waals surface area contributed by atoms with Gasteiger partial charge < -0.3 is 10.2 Å². The van der Waals surface area contributed by atoms with Gasteiger partial charge in [0.25, 0.3) is 0 Å². The Labute approximate surface area is 96.5 Å². The topological polar surface area (TPSA) is 15.3 Å². The summed E-state index contributed by atoms with van der Waals surface area (Å²) in [6.07, 6.45) is 0. The third kappa shape index (κ3) is 2.76. The van der Waals surface area contributed by atoms with Gasteiger partial charge in [0.15, 0.2) is 0 Å². The van der Waals surface area contributed by atoms with Gasteiger partial charge in [-0.15, -0.1) is 0 Å². The van der Waals surface area contributed by atoms with Crippen molar-refractivity contribution >= 4 is 11.4 Å². The fourth-order valence-electron chi connectivity index (χ4n) is 1.54. The number of hydrogen-bond donors (Lipinski definition) is 1. The minimum absolute atomic E-state index is 0.800. The predicted molar refractivity (Wildman–Crippen MR) is 69.8 cm³/mol. The largest absolute Gasteiger partial charge is 0.368 e. The van der Waals surface area contributed by atoms with Crippen LogP contribution in [0.5, 0.6) is 0 Å². The van der Waals surface area contributed by atoms with E-state index in [1.165, 1.54) is 5.69 Å². The van der Waals surface area contributed by atoms with Gasteiger partial charge in [0.2, 0.25) is 0 Å². The molecular formula is C14H16N2. The van der Waals surface area contributed by atoms with Crippen LogP contribution >= 0.6 is 0 Å². The van der Waals surface area contributed by atoms with Gasteiger partial charge in [0.1, 0.15) is 0 Å². The van der Waals surface area contributed by atoms with E-state index in [1.807, 2.05) is 36.4 Å². The van der Waals surface area contributed by atoms with Crippen molar-refractivity contribution in [1.82, 2.24) is 0 Å². The number of rotatable bonds is 4. The van der Waals surface area contributed by atoms with E-state index in [9.17, 15) is 0 Å². The van der Waals surface area contributed by atoms with Crippen molar-refractivity contribution in [2.24, 2.45) is 0 Å². The molecular weight excluding hydrogens is 196 g/mol. The van der Waals surface area contributed by atoms with Crippen LogP contribution in [0.4, 0.5) is 11.4 Å². The Morgan fingerprint density at radius 2 is 1.44 bits per heavy atom. The third-order valence-corrected chi connectivity index (χ3v) is 2.49. The van der Waals surface area contributed by atoms with E-state index in [0.717, 1.165) is 12.4 Å². The number of nitrogens with zero attached hydrogens (tertiary/aromatic N) is 1. The lowest BCUT2D eigenvalue weighted by atomic mass is 10.3. The second-order valence-electron chi connectivity index (χ2n) is 3.73. The van der Waals surface area contributed by atoms with Crippen molar-refractivity contribution in [3.8, 4) is 0 Å². The summed E-state index contributed by atoms with van der Waals surface area (Å²) in [6, 6.07) is 20.6. The number of para-hydroxylation sites is 2. The molecule has 2 rings (SSSR count). The van der Waals surface area contributed by atoms with Crippen LogP contribution in [0.1, 0.15) is 0 Å². The van der Waals surface area contributed by atoms with Gasteiger partial charge in [-0.1, -0.05) is 36.4 Å². The fraction of sp³-hybridized carbons (Fsp3) is 0.143. The molecule has 2 aromatic carbocycles. The molecule has 82 valence electrons. The summed E-state index contributed by atoms with van der Waals surface area (Å²) in [4.78, 5) is 2.17. The average molecular weight is 212 g/mol. The van der Waals surface area contributed by atoms with E-state index >= 15 is 0 Å². The zero-order valence-electron chi connectivity index (χ0n) is 9.43. The van der Waals surface area contributed by atoms with E-state index in [4.69, 9.17) is 0 Å². The van der Waals surface area contributed by atoms with Gasteiger partial charge in [-0.25, -0.2) is 0 Å². The number of hydrogen-bond acceptors (Lipinski definition) is 2. The highest BCUT2D eigenvalue weighted by Crippen LogP contribution is 2.11. The highest BCUT2D eigenvalue weighted by molar-refractivity contribution is 5.48. The lowest BCUT2D eigenvalue weighted by Gasteiger charge is -2.20. The van der Waals surface area contributed by atoms with Gasteiger partial charge in [-0.2, -0.15) is 0 Å². The molecule has 0 fully saturated rings. The molecule has 0 radical (unpaired) electrons. The lowest BCUT2D eigenvalue weighted by molar-refractivity contribution is 0.978. The molecule has 0 saturated carbocycles. The quantitative estimate of drug-likeness (QED) is 0.783. The molecule has 0 bridgehead atoms. The number of benzene rings is 2. The molecule has 0 unspecified atom stereocenters. The van der Waals surface area contributed by atoms with Crippen molar-refractivity contribution in [2.75, 3.05) is 23.9 Å². The van der Waals surface area contributed by atoms with Gasteiger partial charge in [0.05, 0.1) is 6.67 Å². The minimum Gasteiger partial charge on any atom is -0.368 e. The van der Waals surface area contributed by atoms with E-state index in [0.29, 0.717) is 0 Å². The molecule has 0 amide bonds. The first kappa shape index (κ1) is 10.6. The molecule has 0 heterocycles. The third-order valence-electron chi connectivity index (χ3n) is 2.49. The monoisotopic (exact) mass is 212 g/mol. The molecule has 2 aromatic rings. The highest BCUT2D eigenvalue weighted by Gasteiger charge is 1.98. The summed E-state index contributed by atoms with van der Waals surface area (Å²) < 4.78 is 0. The van der Waals surface area contributed by atoms with Crippen LogP contribution in [0.2, 0.25) is 0 Å². The fourth-order valence-corrected chi connectivity index (χ4v) is 1.54. The number of anilines is 2. The Morgan fingerprint density at radius 1 is 0.875 bits per heavy atom. The van der Waals surface area contributed by atoms with Crippen molar-refractivity contribution in [2.45, 2.75) is 0 Å². The Bertz CT molecular complexity index is 411. The molecule has 0 atom stereocenters. The second kappa shape index (κ2) is 5.21. The normalized spacial score (nSPS) is 9.81. The summed E-state index contributed by atoms with van der Waals surface area (Å²) in [7, 11) is 2.07. The van der Waals surface area contributed by atoms with Crippen LogP contribution in [0.25, 0.3) is 0 Å². The van der Waals surface area contributed by atoms with E-state index < -0.39 is 0 Å². The Morgan fingerprint density at radius 3 is 2.06 bits per heavy atom. The smallest absolute Gasteiger partial charge is 0.0873 e. The second-order valence-corrected chi connectivity index (χ2v) is 3.73. The highest BCUT2D eigenvalue weighted by atomic mass is 15.2. The average Bonchev–Trinajstić information content (AvgIpc) is 2.38. The van der Waals surface area contributed by atoms with Crippen molar-refractivity contribution < 1.29 is 0 Å². The molecule has 16 heavy (non-hydrogen) atoms. The molecule has 0 saturated heterocycles. The van der Waals surface area contributed by atoms with Gasteiger partial charge >= 0.3 is 0 Å². The summed E-state index contributed by atoms with van der Waals surface area (Å²) in [5, 5.41) is 3.37. The molecule has 1 N–H and O–H groups in total. The molecule has 0 aromatic heterocycles. The van der Waals surface area contributed by atoms with Crippen LogP contribution in [0.3, 0.4) is 0 Å². The van der Waals surface area contributed by atoms with Gasteiger partial charge in [-0.3, -0.25) is 0 Å². The summed E-state index contributed by atoms with van der Waals surface area (Å²) in [5.74, 6) is 0. The first-order chi connectivity index (χ1) is 7.86. The molecule has 0 aliphatic heterocycles. The first-order valence-corrected chi connectivity index (χ1v) is 5.41. The molecule has 0 spiro atoms.